The number of piperidine rings is 1. The lowest BCUT2D eigenvalue weighted by Gasteiger charge is -2.33. The van der Waals surface area contributed by atoms with Gasteiger partial charge in [-0.15, -0.1) is 0 Å². The Labute approximate surface area is 164 Å². The van der Waals surface area contributed by atoms with Crippen LogP contribution >= 0.6 is 0 Å². The monoisotopic (exact) mass is 404 g/mol. The maximum atomic E-state index is 13.6. The molecule has 0 radical (unpaired) electrons. The van der Waals surface area contributed by atoms with Crippen molar-refractivity contribution in [2.45, 2.75) is 25.3 Å². The molecule has 0 spiro atoms. The number of benzene rings is 1. The van der Waals surface area contributed by atoms with Gasteiger partial charge in [-0.2, -0.15) is 5.10 Å². The minimum absolute atomic E-state index is 0.202. The summed E-state index contributed by atoms with van der Waals surface area (Å²) in [4.78, 5) is 29.6. The average molecular weight is 404 g/mol. The van der Waals surface area contributed by atoms with E-state index in [0.717, 1.165) is 12.3 Å². The Balaban J connectivity index is 1.42. The number of rotatable bonds is 4. The highest BCUT2D eigenvalue weighted by Gasteiger charge is 2.35. The fourth-order valence-electron chi connectivity index (χ4n) is 3.69. The predicted molar refractivity (Wildman–Crippen MR) is 97.5 cm³/mol. The third kappa shape index (κ3) is 3.82. The van der Waals surface area contributed by atoms with Crippen LogP contribution in [0.25, 0.3) is 0 Å². The molecule has 2 aromatic rings. The van der Waals surface area contributed by atoms with Crippen LogP contribution in [0.15, 0.2) is 33.9 Å². The fraction of sp³-hybridized carbons (Fsp3) is 0.368. The molecule has 0 saturated carbocycles. The van der Waals surface area contributed by atoms with Crippen molar-refractivity contribution in [3.8, 4) is 0 Å². The van der Waals surface area contributed by atoms with Gasteiger partial charge in [-0.3, -0.25) is 4.79 Å². The number of carboxylic acids is 1. The molecule has 10 heteroatoms. The number of aromatic carboxylic acids is 1. The number of aromatic nitrogens is 1. The van der Waals surface area contributed by atoms with Gasteiger partial charge in [0.25, 0.3) is 6.01 Å². The third-order valence-electron chi connectivity index (χ3n) is 5.14. The van der Waals surface area contributed by atoms with Crippen LogP contribution in [-0.4, -0.2) is 46.3 Å². The number of carboxylic acid groups (broad SMARTS) is 1. The molecule has 1 atom stereocenters. The lowest BCUT2D eigenvalue weighted by Crippen LogP contribution is -2.41. The second-order valence-electron chi connectivity index (χ2n) is 7.01. The highest BCUT2D eigenvalue weighted by atomic mass is 19.1. The zero-order chi connectivity index (χ0) is 20.5. The standard InChI is InChI=1S/C19H18F2N4O4/c20-13-7-12(8-14(21)9-13)15-1-4-23-25(15)17(26)11-2-5-24(6-3-11)19-22-10-16(29-19)18(27)28/h4,7-11,15H,1-3,5-6H2,(H,27,28)/t15-/m0/s1. The number of carbonyl (C=O) groups excluding carboxylic acids is 1. The molecule has 29 heavy (non-hydrogen) atoms. The molecule has 4 rings (SSSR count). The maximum absolute atomic E-state index is 13.6. The normalized spacial score (nSPS) is 19.7. The summed E-state index contributed by atoms with van der Waals surface area (Å²) in [7, 11) is 0. The summed E-state index contributed by atoms with van der Waals surface area (Å²) in [6.07, 6.45) is 4.11. The van der Waals surface area contributed by atoms with Crippen LogP contribution in [0.4, 0.5) is 14.8 Å². The second-order valence-corrected chi connectivity index (χ2v) is 7.01. The number of oxazole rings is 1. The molecular weight excluding hydrogens is 386 g/mol. The molecule has 2 aliphatic heterocycles. The molecule has 0 unspecified atom stereocenters. The van der Waals surface area contributed by atoms with Crippen LogP contribution in [0, 0.1) is 17.6 Å². The number of anilines is 1. The maximum Gasteiger partial charge on any atom is 0.373 e. The molecule has 0 bridgehead atoms. The lowest BCUT2D eigenvalue weighted by molar-refractivity contribution is -0.138. The molecule has 1 aromatic heterocycles. The predicted octanol–water partition coefficient (Wildman–Crippen LogP) is 2.83. The van der Waals surface area contributed by atoms with Crippen molar-refractivity contribution in [1.29, 1.82) is 0 Å². The lowest BCUT2D eigenvalue weighted by atomic mass is 9.94. The summed E-state index contributed by atoms with van der Waals surface area (Å²) in [6, 6.07) is 2.90. The molecule has 1 fully saturated rings. The van der Waals surface area contributed by atoms with E-state index in [9.17, 15) is 18.4 Å². The Morgan fingerprint density at radius 3 is 2.45 bits per heavy atom. The van der Waals surface area contributed by atoms with E-state index in [4.69, 9.17) is 9.52 Å². The van der Waals surface area contributed by atoms with E-state index in [0.29, 0.717) is 37.9 Å². The summed E-state index contributed by atoms with van der Waals surface area (Å²) < 4.78 is 32.4. The van der Waals surface area contributed by atoms with E-state index in [-0.39, 0.29) is 23.6 Å². The molecule has 1 saturated heterocycles. The Morgan fingerprint density at radius 2 is 1.83 bits per heavy atom. The van der Waals surface area contributed by atoms with Gasteiger partial charge < -0.3 is 14.4 Å². The number of halogens is 2. The van der Waals surface area contributed by atoms with Gasteiger partial charge in [0, 0.05) is 37.7 Å². The Bertz CT molecular complexity index is 949. The molecule has 0 aliphatic carbocycles. The first-order valence-electron chi connectivity index (χ1n) is 9.18. The van der Waals surface area contributed by atoms with Gasteiger partial charge >= 0.3 is 5.97 Å². The fourth-order valence-corrected chi connectivity index (χ4v) is 3.69. The van der Waals surface area contributed by atoms with Crippen LogP contribution in [0.5, 0.6) is 0 Å². The van der Waals surface area contributed by atoms with Crippen LogP contribution < -0.4 is 4.90 Å². The molecule has 2 aliphatic rings. The van der Waals surface area contributed by atoms with Crippen molar-refractivity contribution in [2.24, 2.45) is 11.0 Å². The first-order valence-corrected chi connectivity index (χ1v) is 9.18. The Kier molecular flexibility index (Phi) is 4.99. The first-order chi connectivity index (χ1) is 13.9. The molecule has 1 aromatic carbocycles. The SMILES string of the molecule is O=C(O)c1cnc(N2CCC(C(=O)N3N=CC[C@H]3c3cc(F)cc(F)c3)CC2)o1. The number of hydrogen-bond acceptors (Lipinski definition) is 6. The van der Waals surface area contributed by atoms with E-state index in [2.05, 4.69) is 10.1 Å². The van der Waals surface area contributed by atoms with Crippen LogP contribution in [0.1, 0.15) is 41.4 Å². The number of amides is 1. The number of carbonyl (C=O) groups is 2. The highest BCUT2D eigenvalue weighted by Crippen LogP contribution is 2.33. The van der Waals surface area contributed by atoms with E-state index in [1.807, 2.05) is 0 Å². The molecule has 152 valence electrons. The topological polar surface area (TPSA) is 99.2 Å². The number of hydrazone groups is 1. The van der Waals surface area contributed by atoms with Gasteiger partial charge in [-0.05, 0) is 30.5 Å². The summed E-state index contributed by atoms with van der Waals surface area (Å²) in [5, 5.41) is 14.4. The van der Waals surface area contributed by atoms with E-state index in [1.54, 1.807) is 11.1 Å². The first kappa shape index (κ1) is 19.0. The largest absolute Gasteiger partial charge is 0.475 e. The summed E-state index contributed by atoms with van der Waals surface area (Å²) >= 11 is 0. The van der Waals surface area contributed by atoms with Crippen molar-refractivity contribution >= 4 is 24.1 Å². The molecule has 1 amide bonds. The van der Waals surface area contributed by atoms with Gasteiger partial charge in [0.2, 0.25) is 11.7 Å². The summed E-state index contributed by atoms with van der Waals surface area (Å²) in [6.45, 7) is 0.930. The highest BCUT2D eigenvalue weighted by molar-refractivity contribution is 5.84. The summed E-state index contributed by atoms with van der Waals surface area (Å²) in [5.74, 6) is -3.34. The molecule has 3 heterocycles. The van der Waals surface area contributed by atoms with E-state index in [1.165, 1.54) is 17.1 Å². The van der Waals surface area contributed by atoms with Gasteiger partial charge in [-0.1, -0.05) is 0 Å². The average Bonchev–Trinajstić information content (AvgIpc) is 3.37. The third-order valence-corrected chi connectivity index (χ3v) is 5.14. The molecular formula is C19H18F2N4O4. The van der Waals surface area contributed by atoms with Gasteiger partial charge in [0.1, 0.15) is 11.6 Å². The van der Waals surface area contributed by atoms with E-state index < -0.39 is 23.6 Å². The number of hydrogen-bond donors (Lipinski definition) is 1. The van der Waals surface area contributed by atoms with Crippen molar-refractivity contribution in [3.05, 3.63) is 47.4 Å². The van der Waals surface area contributed by atoms with Crippen LogP contribution in [0.2, 0.25) is 0 Å². The second kappa shape index (κ2) is 7.61. The van der Waals surface area contributed by atoms with Gasteiger partial charge in [0.15, 0.2) is 0 Å². The van der Waals surface area contributed by atoms with Gasteiger partial charge in [-0.25, -0.2) is 23.6 Å². The van der Waals surface area contributed by atoms with Crippen LogP contribution in [0.3, 0.4) is 0 Å². The van der Waals surface area contributed by atoms with Crippen molar-refractivity contribution in [1.82, 2.24) is 9.99 Å². The smallest absolute Gasteiger partial charge is 0.373 e. The van der Waals surface area contributed by atoms with Gasteiger partial charge in [0.05, 0.1) is 12.2 Å². The quantitative estimate of drug-likeness (QED) is 0.841. The minimum Gasteiger partial charge on any atom is -0.475 e. The van der Waals surface area contributed by atoms with Crippen LogP contribution in [-0.2, 0) is 4.79 Å². The Morgan fingerprint density at radius 1 is 1.14 bits per heavy atom. The summed E-state index contributed by atoms with van der Waals surface area (Å²) in [5.41, 5.74) is 0.367. The van der Waals surface area contributed by atoms with Crippen molar-refractivity contribution in [3.63, 3.8) is 0 Å². The zero-order valence-corrected chi connectivity index (χ0v) is 15.3. The molecule has 1 N–H and O–H groups in total. The van der Waals surface area contributed by atoms with Crippen molar-refractivity contribution < 1.29 is 27.9 Å². The number of nitrogens with zero attached hydrogens (tertiary/aromatic N) is 4. The Hall–Kier alpha value is -3.30. The zero-order valence-electron chi connectivity index (χ0n) is 15.3. The molecule has 8 nitrogen and oxygen atoms in total. The minimum atomic E-state index is -1.19. The van der Waals surface area contributed by atoms with Crippen molar-refractivity contribution in [2.75, 3.05) is 18.0 Å². The van der Waals surface area contributed by atoms with E-state index >= 15 is 0 Å².